The first-order valence-corrected chi connectivity index (χ1v) is 15.0. The molecule has 5 nitrogen and oxygen atoms in total. The molecule has 1 amide bonds. The molecule has 4 unspecified atom stereocenters. The molecule has 1 saturated carbocycles. The van der Waals surface area contributed by atoms with Gasteiger partial charge in [-0.2, -0.15) is 0 Å². The maximum Gasteiger partial charge on any atom is 0.254 e. The van der Waals surface area contributed by atoms with E-state index < -0.39 is 0 Å². The highest BCUT2D eigenvalue weighted by molar-refractivity contribution is 5.95. The van der Waals surface area contributed by atoms with Crippen LogP contribution in [0.1, 0.15) is 78.2 Å². The van der Waals surface area contributed by atoms with Gasteiger partial charge in [0.05, 0.1) is 11.8 Å². The largest absolute Gasteiger partial charge is 0.388 e. The van der Waals surface area contributed by atoms with E-state index in [1.54, 1.807) is 0 Å². The fourth-order valence-corrected chi connectivity index (χ4v) is 8.36. The minimum Gasteiger partial charge on any atom is -0.388 e. The van der Waals surface area contributed by atoms with Gasteiger partial charge < -0.3 is 10.0 Å². The molecule has 4 aliphatic rings. The van der Waals surface area contributed by atoms with Crippen LogP contribution in [0.2, 0.25) is 0 Å². The minimum absolute atomic E-state index is 0.218. The maximum absolute atomic E-state index is 13.8. The van der Waals surface area contributed by atoms with E-state index in [0.29, 0.717) is 36.0 Å². The van der Waals surface area contributed by atoms with Gasteiger partial charge in [0.25, 0.3) is 5.91 Å². The van der Waals surface area contributed by atoms with Gasteiger partial charge in [-0.05, 0) is 98.6 Å². The Labute approximate surface area is 231 Å². The number of hydrogen-bond acceptors (Lipinski definition) is 4. The van der Waals surface area contributed by atoms with Crippen molar-refractivity contribution < 1.29 is 9.90 Å². The molecule has 5 heteroatoms. The number of fused-ring (bicyclic) bond motifs is 6. The van der Waals surface area contributed by atoms with E-state index in [1.807, 2.05) is 42.6 Å². The van der Waals surface area contributed by atoms with Crippen LogP contribution < -0.4 is 0 Å². The summed E-state index contributed by atoms with van der Waals surface area (Å²) < 4.78 is 0. The summed E-state index contributed by atoms with van der Waals surface area (Å²) in [6, 6.07) is 26.2. The number of nitrogens with zero attached hydrogens (tertiary/aromatic N) is 3. The Morgan fingerprint density at radius 1 is 0.821 bits per heavy atom. The van der Waals surface area contributed by atoms with Crippen LogP contribution in [-0.2, 0) is 13.0 Å². The normalized spacial score (nSPS) is 30.5. The maximum atomic E-state index is 13.8. The number of aliphatic hydroxyl groups is 1. The highest BCUT2D eigenvalue weighted by Gasteiger charge is 2.56. The molecular formula is C34H39N3O2. The summed E-state index contributed by atoms with van der Waals surface area (Å²) in [5, 5.41) is 10.9. The minimum atomic E-state index is -0.369. The van der Waals surface area contributed by atoms with Gasteiger partial charge in [0.15, 0.2) is 0 Å². The van der Waals surface area contributed by atoms with Gasteiger partial charge in [0, 0.05) is 42.5 Å². The first-order chi connectivity index (χ1) is 19.2. The summed E-state index contributed by atoms with van der Waals surface area (Å²) in [4.78, 5) is 23.3. The predicted molar refractivity (Wildman–Crippen MR) is 152 cm³/mol. The molecule has 3 aromatic rings. The van der Waals surface area contributed by atoms with Crippen molar-refractivity contribution in [1.82, 2.24) is 14.8 Å². The second-order valence-corrected chi connectivity index (χ2v) is 12.3. The molecule has 4 fully saturated rings. The molecule has 3 saturated heterocycles. The molecule has 39 heavy (non-hydrogen) atoms. The number of aromatic nitrogens is 1. The highest BCUT2D eigenvalue weighted by atomic mass is 16.3. The molecule has 3 aliphatic heterocycles. The van der Waals surface area contributed by atoms with E-state index in [2.05, 4.69) is 51.2 Å². The van der Waals surface area contributed by atoms with Crippen LogP contribution in [0.15, 0.2) is 79.0 Å². The van der Waals surface area contributed by atoms with Gasteiger partial charge in [-0.25, -0.2) is 0 Å². The monoisotopic (exact) mass is 521 g/mol. The van der Waals surface area contributed by atoms with Crippen LogP contribution in [0.4, 0.5) is 0 Å². The van der Waals surface area contributed by atoms with Crippen LogP contribution in [-0.4, -0.2) is 50.0 Å². The lowest BCUT2D eigenvalue weighted by Gasteiger charge is -2.46. The molecule has 1 aromatic heterocycles. The smallest absolute Gasteiger partial charge is 0.254 e. The number of hydrogen-bond donors (Lipinski definition) is 1. The van der Waals surface area contributed by atoms with E-state index in [9.17, 15) is 9.90 Å². The molecule has 7 rings (SSSR count). The van der Waals surface area contributed by atoms with Crippen LogP contribution in [0.3, 0.4) is 0 Å². The number of benzene rings is 2. The van der Waals surface area contributed by atoms with Crippen molar-refractivity contribution >= 4 is 5.91 Å². The Morgan fingerprint density at radius 3 is 2.21 bits per heavy atom. The van der Waals surface area contributed by atoms with Crippen molar-refractivity contribution in [2.24, 2.45) is 11.8 Å². The lowest BCUT2D eigenvalue weighted by atomic mass is 9.91. The Morgan fingerprint density at radius 2 is 1.51 bits per heavy atom. The number of rotatable bonds is 7. The lowest BCUT2D eigenvalue weighted by molar-refractivity contribution is 0.00621. The van der Waals surface area contributed by atoms with Gasteiger partial charge in [-0.3, -0.25) is 14.7 Å². The fraction of sp³-hybridized carbons (Fsp3) is 0.471. The third-order valence-corrected chi connectivity index (χ3v) is 10.2. The summed E-state index contributed by atoms with van der Waals surface area (Å²) >= 11 is 0. The van der Waals surface area contributed by atoms with E-state index in [-0.39, 0.29) is 12.0 Å². The second kappa shape index (κ2) is 10.5. The van der Waals surface area contributed by atoms with Gasteiger partial charge >= 0.3 is 0 Å². The van der Waals surface area contributed by atoms with Crippen LogP contribution in [0.5, 0.6) is 0 Å². The molecule has 7 atom stereocenters. The number of pyridine rings is 1. The summed E-state index contributed by atoms with van der Waals surface area (Å²) in [5.74, 6) is 1.14. The summed E-state index contributed by atoms with van der Waals surface area (Å²) in [6.45, 7) is 0.893. The zero-order valence-electron chi connectivity index (χ0n) is 22.6. The first kappa shape index (κ1) is 25.0. The Balaban J connectivity index is 0.988. The van der Waals surface area contributed by atoms with Gasteiger partial charge in [-0.1, -0.05) is 48.5 Å². The van der Waals surface area contributed by atoms with Crippen LogP contribution in [0.25, 0.3) is 0 Å². The van der Waals surface area contributed by atoms with Crippen molar-refractivity contribution in [1.29, 1.82) is 0 Å². The first-order valence-electron chi connectivity index (χ1n) is 15.0. The third kappa shape index (κ3) is 4.70. The fourth-order valence-electron chi connectivity index (χ4n) is 8.36. The highest BCUT2D eigenvalue weighted by Crippen LogP contribution is 2.47. The van der Waals surface area contributed by atoms with Crippen molar-refractivity contribution in [3.05, 3.63) is 101 Å². The molecule has 1 N–H and O–H groups in total. The topological polar surface area (TPSA) is 56.7 Å². The molecule has 0 spiro atoms. The standard InChI is InChI=1S/C34H39N3O2/c38-33(25-6-2-1-3-7-25)27-14-11-24(21-27)20-23-9-12-26(13-10-23)34(39)37-31-17-18-32(37)30-16-15-29(31)36(30)22-28-8-4-5-19-35-28/h1-10,12-13,19,24,27,29-33,38H,11,14-18,20-22H2/t24-,27-,29?,30?,31?,32?,33+/m0/s1. The van der Waals surface area contributed by atoms with Crippen LogP contribution >= 0.6 is 0 Å². The van der Waals surface area contributed by atoms with E-state index >= 15 is 0 Å². The van der Waals surface area contributed by atoms with Gasteiger partial charge in [-0.15, -0.1) is 0 Å². The zero-order valence-corrected chi connectivity index (χ0v) is 22.6. The lowest BCUT2D eigenvalue weighted by Crippen LogP contribution is -2.61. The second-order valence-electron chi connectivity index (χ2n) is 12.3. The molecular weight excluding hydrogens is 482 g/mol. The summed E-state index contributed by atoms with van der Waals surface area (Å²) in [6.07, 6.45) is 10.4. The van der Waals surface area contributed by atoms with Gasteiger partial charge in [0.2, 0.25) is 0 Å². The van der Waals surface area contributed by atoms with E-state index in [1.165, 1.54) is 18.4 Å². The zero-order chi connectivity index (χ0) is 26.3. The Hall–Kier alpha value is -3.02. The summed E-state index contributed by atoms with van der Waals surface area (Å²) in [7, 11) is 0. The number of carbonyl (C=O) groups is 1. The quantitative estimate of drug-likeness (QED) is 0.427. The molecule has 4 heterocycles. The van der Waals surface area contributed by atoms with Gasteiger partial charge in [0.1, 0.15) is 0 Å². The number of piperazine rings is 1. The number of aliphatic hydroxyl groups excluding tert-OH is 1. The molecule has 4 bridgehead atoms. The average molecular weight is 522 g/mol. The SMILES string of the molecule is O=C(c1ccc(C[C@@H]2CC[C@H]([C@H](O)c3ccccc3)C2)cc1)N1C2CCC1C1CCC2N1Cc1ccccn1. The van der Waals surface area contributed by atoms with E-state index in [4.69, 9.17) is 0 Å². The van der Waals surface area contributed by atoms with Crippen molar-refractivity contribution in [3.8, 4) is 0 Å². The van der Waals surface area contributed by atoms with Crippen molar-refractivity contribution in [2.75, 3.05) is 0 Å². The Bertz CT molecular complexity index is 1260. The van der Waals surface area contributed by atoms with Crippen molar-refractivity contribution in [3.63, 3.8) is 0 Å². The number of amides is 1. The molecule has 2 aromatic carbocycles. The summed E-state index contributed by atoms with van der Waals surface area (Å²) in [5.41, 5.74) is 4.30. The predicted octanol–water partition coefficient (Wildman–Crippen LogP) is 5.79. The average Bonchev–Trinajstić information content (AvgIpc) is 3.67. The number of carbonyl (C=O) groups excluding carboxylic acids is 1. The third-order valence-electron chi connectivity index (χ3n) is 10.2. The van der Waals surface area contributed by atoms with E-state index in [0.717, 1.165) is 61.9 Å². The Kier molecular flexibility index (Phi) is 6.73. The molecule has 0 radical (unpaired) electrons. The van der Waals surface area contributed by atoms with Crippen LogP contribution in [0, 0.1) is 11.8 Å². The van der Waals surface area contributed by atoms with Crippen molar-refractivity contribution in [2.45, 2.75) is 88.2 Å². The molecule has 1 aliphatic carbocycles. The molecule has 202 valence electrons.